The minimum Gasteiger partial charge on any atom is -0.496 e. The molecule has 31 heavy (non-hydrogen) atoms. The van der Waals surface area contributed by atoms with Crippen LogP contribution >= 0.6 is 0 Å². The molecule has 2 N–H and O–H groups in total. The first kappa shape index (κ1) is 21.7. The molecule has 0 heterocycles. The maximum Gasteiger partial charge on any atom is 0.259 e. The van der Waals surface area contributed by atoms with Crippen molar-refractivity contribution in [3.8, 4) is 11.5 Å². The summed E-state index contributed by atoms with van der Waals surface area (Å²) in [6, 6.07) is 11.4. The molecule has 2 aliphatic rings. The third-order valence-corrected chi connectivity index (χ3v) is 7.81. The lowest BCUT2D eigenvalue weighted by molar-refractivity contribution is -0.0731. The molecular weight excluding hydrogens is 390 g/mol. The van der Waals surface area contributed by atoms with Crippen LogP contribution in [0.4, 0.5) is 5.69 Å². The molecule has 5 heteroatoms. The molecule has 5 nitrogen and oxygen atoms in total. The van der Waals surface area contributed by atoms with Gasteiger partial charge in [-0.3, -0.25) is 4.79 Å². The van der Waals surface area contributed by atoms with Gasteiger partial charge >= 0.3 is 0 Å². The van der Waals surface area contributed by atoms with Gasteiger partial charge in [-0.05, 0) is 77.8 Å². The molecule has 2 aliphatic carbocycles. The number of amides is 1. The molecule has 0 bridgehead atoms. The van der Waals surface area contributed by atoms with Gasteiger partial charge in [0.15, 0.2) is 0 Å². The predicted octanol–water partition coefficient (Wildman–Crippen LogP) is 4.96. The van der Waals surface area contributed by atoms with E-state index in [0.29, 0.717) is 28.7 Å². The fraction of sp³-hybridized carbons (Fsp3) is 0.500. The monoisotopic (exact) mass is 423 g/mol. The highest BCUT2D eigenvalue weighted by molar-refractivity contribution is 6.07. The quantitative estimate of drug-likeness (QED) is 0.730. The zero-order valence-corrected chi connectivity index (χ0v) is 19.1. The molecule has 1 saturated carbocycles. The Kier molecular flexibility index (Phi) is 5.50. The third-order valence-electron chi connectivity index (χ3n) is 7.81. The molecular formula is C26H33NO4. The number of benzene rings is 2. The van der Waals surface area contributed by atoms with Crippen LogP contribution in [0.2, 0.25) is 0 Å². The number of methoxy groups -OCH3 is 2. The first-order valence-electron chi connectivity index (χ1n) is 11.1. The zero-order valence-electron chi connectivity index (χ0n) is 19.1. The molecule has 2 aromatic carbocycles. The van der Waals surface area contributed by atoms with Crippen molar-refractivity contribution in [3.05, 3.63) is 53.1 Å². The maximum atomic E-state index is 13.2. The Balaban J connectivity index is 1.72. The van der Waals surface area contributed by atoms with Gasteiger partial charge in [0.25, 0.3) is 5.91 Å². The molecule has 166 valence electrons. The molecule has 0 spiro atoms. The second-order valence-corrected chi connectivity index (χ2v) is 9.75. The summed E-state index contributed by atoms with van der Waals surface area (Å²) >= 11 is 0. The van der Waals surface area contributed by atoms with Gasteiger partial charge in [-0.2, -0.15) is 0 Å². The minimum atomic E-state index is -0.278. The van der Waals surface area contributed by atoms with Gasteiger partial charge < -0.3 is 19.9 Å². The molecule has 2 aromatic rings. The number of hydrogen-bond donors (Lipinski definition) is 2. The van der Waals surface area contributed by atoms with E-state index in [0.717, 1.165) is 25.7 Å². The number of carbonyl (C=O) groups excluding carboxylic acids is 1. The number of nitrogens with one attached hydrogen (secondary N) is 1. The van der Waals surface area contributed by atoms with Crippen molar-refractivity contribution in [1.82, 2.24) is 0 Å². The number of fused-ring (bicyclic) bond motifs is 3. The average Bonchev–Trinajstić information content (AvgIpc) is 2.76. The van der Waals surface area contributed by atoms with Gasteiger partial charge in [-0.1, -0.05) is 32.9 Å². The van der Waals surface area contributed by atoms with Crippen molar-refractivity contribution < 1.29 is 19.4 Å². The van der Waals surface area contributed by atoms with E-state index in [2.05, 4.69) is 32.2 Å². The summed E-state index contributed by atoms with van der Waals surface area (Å²) in [5.41, 5.74) is 3.44. The number of hydrogen-bond acceptors (Lipinski definition) is 4. The van der Waals surface area contributed by atoms with Crippen LogP contribution in [-0.4, -0.2) is 31.3 Å². The van der Waals surface area contributed by atoms with Crippen molar-refractivity contribution in [1.29, 1.82) is 0 Å². The Labute approximate surface area is 184 Å². The Morgan fingerprint density at radius 3 is 2.48 bits per heavy atom. The van der Waals surface area contributed by atoms with Crippen molar-refractivity contribution in [2.45, 2.75) is 58.0 Å². The smallest absolute Gasteiger partial charge is 0.259 e. The summed E-state index contributed by atoms with van der Waals surface area (Å²) in [5.74, 6) is 1.37. The number of aryl methyl sites for hydroxylation is 1. The van der Waals surface area contributed by atoms with Crippen molar-refractivity contribution in [2.24, 2.45) is 11.3 Å². The topological polar surface area (TPSA) is 67.8 Å². The van der Waals surface area contributed by atoms with Crippen LogP contribution in [-0.2, 0) is 11.8 Å². The van der Waals surface area contributed by atoms with E-state index in [4.69, 9.17) is 9.47 Å². The molecule has 0 radical (unpaired) electrons. The van der Waals surface area contributed by atoms with Gasteiger partial charge in [0.1, 0.15) is 11.5 Å². The van der Waals surface area contributed by atoms with E-state index >= 15 is 0 Å². The molecule has 1 amide bonds. The Morgan fingerprint density at radius 2 is 1.77 bits per heavy atom. The van der Waals surface area contributed by atoms with Crippen LogP contribution in [0, 0.1) is 11.3 Å². The maximum absolute atomic E-state index is 13.2. The average molecular weight is 424 g/mol. The summed E-state index contributed by atoms with van der Waals surface area (Å²) in [7, 11) is 3.20. The highest BCUT2D eigenvalue weighted by Crippen LogP contribution is 2.57. The van der Waals surface area contributed by atoms with Crippen LogP contribution < -0.4 is 14.8 Å². The van der Waals surface area contributed by atoms with Gasteiger partial charge in [-0.15, -0.1) is 0 Å². The Morgan fingerprint density at radius 1 is 1.06 bits per heavy atom. The van der Waals surface area contributed by atoms with Gasteiger partial charge in [0, 0.05) is 0 Å². The summed E-state index contributed by atoms with van der Waals surface area (Å²) in [6.07, 6.45) is 3.35. The lowest BCUT2D eigenvalue weighted by atomic mass is 9.49. The first-order chi connectivity index (χ1) is 14.7. The van der Waals surface area contributed by atoms with E-state index in [1.165, 1.54) is 11.1 Å². The van der Waals surface area contributed by atoms with E-state index in [9.17, 15) is 9.90 Å². The number of carbonyl (C=O) groups is 1. The molecule has 1 fully saturated rings. The third kappa shape index (κ3) is 3.49. The Bertz CT molecular complexity index is 999. The van der Waals surface area contributed by atoms with E-state index in [1.807, 2.05) is 30.3 Å². The fourth-order valence-corrected chi connectivity index (χ4v) is 6.00. The first-order valence-corrected chi connectivity index (χ1v) is 11.1. The fourth-order valence-electron chi connectivity index (χ4n) is 6.00. The lowest BCUT2D eigenvalue weighted by Crippen LogP contribution is -2.53. The molecule has 0 aliphatic heterocycles. The second-order valence-electron chi connectivity index (χ2n) is 9.75. The van der Waals surface area contributed by atoms with E-state index < -0.39 is 0 Å². The molecule has 0 saturated heterocycles. The summed E-state index contributed by atoms with van der Waals surface area (Å²) in [5, 5.41) is 13.6. The van der Waals surface area contributed by atoms with E-state index in [1.54, 1.807) is 14.2 Å². The van der Waals surface area contributed by atoms with Crippen molar-refractivity contribution >= 4 is 11.6 Å². The summed E-state index contributed by atoms with van der Waals surface area (Å²) < 4.78 is 11.0. The zero-order chi connectivity index (χ0) is 22.4. The SMILES string of the molecule is COc1ccccc1NC(=O)c1cc2c(cc1OC)[C@@]1(C)CC[C@H](O)C(C)(C)[C@@H]1CC2. The summed E-state index contributed by atoms with van der Waals surface area (Å²) in [6.45, 7) is 6.70. The van der Waals surface area contributed by atoms with Crippen LogP contribution in [0.3, 0.4) is 0 Å². The number of ether oxygens (including phenoxy) is 2. The number of aliphatic hydroxyl groups excluding tert-OH is 1. The van der Waals surface area contributed by atoms with Crippen LogP contribution in [0.15, 0.2) is 36.4 Å². The normalized spacial score (nSPS) is 26.4. The van der Waals surface area contributed by atoms with Crippen LogP contribution in [0.25, 0.3) is 0 Å². The molecule has 0 unspecified atom stereocenters. The standard InChI is InChI=1S/C26H33NO4/c1-25(2)22-11-10-16-14-17(24(29)27-19-8-6-7-9-20(19)30-4)21(31-5)15-18(16)26(22,3)13-12-23(25)28/h6-9,14-15,22-23,28H,10-13H2,1-5H3,(H,27,29)/t22-,23-,26+/m0/s1. The number of rotatable bonds is 4. The van der Waals surface area contributed by atoms with Gasteiger partial charge in [-0.25, -0.2) is 0 Å². The number of anilines is 1. The largest absolute Gasteiger partial charge is 0.496 e. The Hall–Kier alpha value is -2.53. The van der Waals surface area contributed by atoms with E-state index in [-0.39, 0.29) is 22.8 Å². The van der Waals surface area contributed by atoms with Crippen molar-refractivity contribution in [2.75, 3.05) is 19.5 Å². The minimum absolute atomic E-state index is 0.0404. The number of aliphatic hydroxyl groups is 1. The van der Waals surface area contributed by atoms with Crippen LogP contribution in [0.1, 0.15) is 61.5 Å². The molecule has 3 atom stereocenters. The highest BCUT2D eigenvalue weighted by Gasteiger charge is 2.53. The lowest BCUT2D eigenvalue weighted by Gasteiger charge is -2.56. The van der Waals surface area contributed by atoms with Gasteiger partial charge in [0.05, 0.1) is 31.6 Å². The van der Waals surface area contributed by atoms with Gasteiger partial charge in [0.2, 0.25) is 0 Å². The number of para-hydroxylation sites is 2. The summed E-state index contributed by atoms with van der Waals surface area (Å²) in [4.78, 5) is 13.2. The predicted molar refractivity (Wildman–Crippen MR) is 122 cm³/mol. The van der Waals surface area contributed by atoms with Crippen LogP contribution in [0.5, 0.6) is 11.5 Å². The molecule has 4 rings (SSSR count). The highest BCUT2D eigenvalue weighted by atomic mass is 16.5. The van der Waals surface area contributed by atoms with Crippen molar-refractivity contribution in [3.63, 3.8) is 0 Å². The molecule has 0 aromatic heterocycles. The second kappa shape index (κ2) is 7.86.